The first-order valence-corrected chi connectivity index (χ1v) is 6.47. The van der Waals surface area contributed by atoms with Crippen molar-refractivity contribution in [1.29, 1.82) is 0 Å². The summed E-state index contributed by atoms with van der Waals surface area (Å²) in [7, 11) is 0. The van der Waals surface area contributed by atoms with E-state index >= 15 is 0 Å². The molecule has 0 bridgehead atoms. The summed E-state index contributed by atoms with van der Waals surface area (Å²) in [6.07, 6.45) is 2.08. The lowest BCUT2D eigenvalue weighted by Crippen LogP contribution is -2.21. The predicted molar refractivity (Wildman–Crippen MR) is 59.1 cm³/mol. The largest absolute Gasteiger partial charge is 0.308 e. The second-order valence-corrected chi connectivity index (χ2v) is 5.07. The Morgan fingerprint density at radius 3 is 2.69 bits per heavy atom. The van der Waals surface area contributed by atoms with Crippen molar-refractivity contribution in [2.45, 2.75) is 32.2 Å². The van der Waals surface area contributed by atoms with Crippen LogP contribution in [0.3, 0.4) is 0 Å². The molecule has 13 heavy (non-hydrogen) atoms. The Bertz CT molecular complexity index is 247. The zero-order chi connectivity index (χ0) is 9.68. The molecule has 0 aliphatic rings. The van der Waals surface area contributed by atoms with Gasteiger partial charge in [0.15, 0.2) is 0 Å². The summed E-state index contributed by atoms with van der Waals surface area (Å²) >= 11 is 3.47. The number of hydrogen-bond donors (Lipinski definition) is 1. The van der Waals surface area contributed by atoms with E-state index in [0.717, 1.165) is 22.3 Å². The molecule has 0 saturated carbocycles. The maximum Gasteiger partial charge on any atom is 0.131 e. The molecule has 1 N–H and O–H groups in total. The van der Waals surface area contributed by atoms with Crippen molar-refractivity contribution < 1.29 is 0 Å². The van der Waals surface area contributed by atoms with E-state index in [2.05, 4.69) is 35.6 Å². The van der Waals surface area contributed by atoms with Gasteiger partial charge in [0.1, 0.15) is 10.0 Å². The number of hydrogen-bond acceptors (Lipinski definition) is 5. The molecule has 0 unspecified atom stereocenters. The molecule has 0 radical (unpaired) electrons. The van der Waals surface area contributed by atoms with E-state index in [9.17, 15) is 0 Å². The van der Waals surface area contributed by atoms with E-state index < -0.39 is 0 Å². The van der Waals surface area contributed by atoms with Gasteiger partial charge in [0.2, 0.25) is 0 Å². The lowest BCUT2D eigenvalue weighted by atomic mass is 10.4. The standard InChI is InChI=1S/C8H15N3S2/c1-6(2)9-4-7-10-11-8(13-7)5-12-3/h6,9H,4-5H2,1-3H3. The van der Waals surface area contributed by atoms with Gasteiger partial charge < -0.3 is 5.32 Å². The summed E-state index contributed by atoms with van der Waals surface area (Å²) in [6.45, 7) is 5.09. The second-order valence-electron chi connectivity index (χ2n) is 3.06. The molecule has 0 aliphatic heterocycles. The fourth-order valence-corrected chi connectivity index (χ4v) is 2.32. The zero-order valence-corrected chi connectivity index (χ0v) is 9.84. The summed E-state index contributed by atoms with van der Waals surface area (Å²) in [4.78, 5) is 0. The first-order valence-electron chi connectivity index (χ1n) is 4.26. The topological polar surface area (TPSA) is 37.8 Å². The highest BCUT2D eigenvalue weighted by Gasteiger charge is 2.03. The van der Waals surface area contributed by atoms with Gasteiger partial charge >= 0.3 is 0 Å². The van der Waals surface area contributed by atoms with Gasteiger partial charge in [-0.15, -0.1) is 10.2 Å². The van der Waals surface area contributed by atoms with Crippen molar-refractivity contribution in [3.63, 3.8) is 0 Å². The summed E-state index contributed by atoms with van der Waals surface area (Å²) < 4.78 is 0. The van der Waals surface area contributed by atoms with Crippen LogP contribution in [0, 0.1) is 0 Å². The number of nitrogens with zero attached hydrogens (tertiary/aromatic N) is 2. The summed E-state index contributed by atoms with van der Waals surface area (Å²) in [5.41, 5.74) is 0. The SMILES string of the molecule is CSCc1nnc(CNC(C)C)s1. The molecule has 0 spiro atoms. The van der Waals surface area contributed by atoms with Gasteiger partial charge in [-0.2, -0.15) is 11.8 Å². The van der Waals surface area contributed by atoms with Crippen LogP contribution in [0.2, 0.25) is 0 Å². The Morgan fingerprint density at radius 2 is 2.08 bits per heavy atom. The highest BCUT2D eigenvalue weighted by Crippen LogP contribution is 2.14. The monoisotopic (exact) mass is 217 g/mol. The molecular weight excluding hydrogens is 202 g/mol. The van der Waals surface area contributed by atoms with Crippen LogP contribution in [0.5, 0.6) is 0 Å². The van der Waals surface area contributed by atoms with E-state index in [1.165, 1.54) is 0 Å². The highest BCUT2D eigenvalue weighted by molar-refractivity contribution is 7.97. The minimum absolute atomic E-state index is 0.507. The summed E-state index contributed by atoms with van der Waals surface area (Å²) in [6, 6.07) is 0.507. The van der Waals surface area contributed by atoms with Crippen molar-refractivity contribution in [1.82, 2.24) is 15.5 Å². The Morgan fingerprint density at radius 1 is 1.38 bits per heavy atom. The fraction of sp³-hybridized carbons (Fsp3) is 0.750. The molecule has 0 amide bonds. The van der Waals surface area contributed by atoms with Gasteiger partial charge in [-0.1, -0.05) is 25.2 Å². The van der Waals surface area contributed by atoms with Crippen molar-refractivity contribution in [2.75, 3.05) is 6.26 Å². The average Bonchev–Trinajstić information content (AvgIpc) is 2.50. The number of rotatable bonds is 5. The molecule has 1 rings (SSSR count). The van der Waals surface area contributed by atoms with Gasteiger partial charge in [0.25, 0.3) is 0 Å². The van der Waals surface area contributed by atoms with Crippen molar-refractivity contribution in [3.8, 4) is 0 Å². The van der Waals surface area contributed by atoms with E-state index in [0.29, 0.717) is 6.04 Å². The Hall–Kier alpha value is -0.130. The Kier molecular flexibility index (Phi) is 4.69. The van der Waals surface area contributed by atoms with Gasteiger partial charge in [-0.05, 0) is 6.26 Å². The minimum atomic E-state index is 0.507. The first kappa shape index (κ1) is 10.9. The highest BCUT2D eigenvalue weighted by atomic mass is 32.2. The van der Waals surface area contributed by atoms with E-state index in [4.69, 9.17) is 0 Å². The van der Waals surface area contributed by atoms with Gasteiger partial charge in [-0.3, -0.25) is 0 Å². The third-order valence-corrected chi connectivity index (χ3v) is 3.11. The third kappa shape index (κ3) is 4.06. The van der Waals surface area contributed by atoms with Gasteiger partial charge in [-0.25, -0.2) is 0 Å². The van der Waals surface area contributed by atoms with E-state index in [1.807, 2.05) is 0 Å². The second kappa shape index (κ2) is 5.57. The molecule has 0 atom stereocenters. The van der Waals surface area contributed by atoms with E-state index in [-0.39, 0.29) is 0 Å². The van der Waals surface area contributed by atoms with E-state index in [1.54, 1.807) is 23.1 Å². The molecule has 0 saturated heterocycles. The van der Waals surface area contributed by atoms with Crippen molar-refractivity contribution in [2.24, 2.45) is 0 Å². The maximum atomic E-state index is 4.10. The van der Waals surface area contributed by atoms with Crippen LogP contribution in [0.15, 0.2) is 0 Å². The van der Waals surface area contributed by atoms with Crippen LogP contribution < -0.4 is 5.32 Å². The van der Waals surface area contributed by atoms with Gasteiger partial charge in [0, 0.05) is 18.3 Å². The predicted octanol–water partition coefficient (Wildman–Crippen LogP) is 1.90. The molecule has 1 aromatic rings. The van der Waals surface area contributed by atoms with Crippen LogP contribution in [-0.4, -0.2) is 22.5 Å². The normalized spacial score (nSPS) is 11.1. The fourth-order valence-electron chi connectivity index (χ4n) is 0.833. The Labute approximate surface area is 87.3 Å². The van der Waals surface area contributed by atoms with Crippen LogP contribution in [0.25, 0.3) is 0 Å². The molecule has 0 aromatic carbocycles. The lowest BCUT2D eigenvalue weighted by Gasteiger charge is -2.03. The molecule has 0 fully saturated rings. The minimum Gasteiger partial charge on any atom is -0.308 e. The molecule has 3 nitrogen and oxygen atoms in total. The molecule has 5 heteroatoms. The molecular formula is C8H15N3S2. The molecule has 1 heterocycles. The van der Waals surface area contributed by atoms with Gasteiger partial charge in [0.05, 0.1) is 0 Å². The zero-order valence-electron chi connectivity index (χ0n) is 8.20. The molecule has 74 valence electrons. The van der Waals surface area contributed by atoms with Crippen LogP contribution >= 0.6 is 23.1 Å². The van der Waals surface area contributed by atoms with Crippen molar-refractivity contribution in [3.05, 3.63) is 10.0 Å². The summed E-state index contributed by atoms with van der Waals surface area (Å²) in [5.74, 6) is 0.972. The van der Waals surface area contributed by atoms with Crippen molar-refractivity contribution >= 4 is 23.1 Å². The third-order valence-electron chi connectivity index (χ3n) is 1.44. The number of aromatic nitrogens is 2. The molecule has 0 aliphatic carbocycles. The number of thioether (sulfide) groups is 1. The first-order chi connectivity index (χ1) is 6.22. The van der Waals surface area contributed by atoms with Crippen LogP contribution in [-0.2, 0) is 12.3 Å². The smallest absolute Gasteiger partial charge is 0.131 e. The van der Waals surface area contributed by atoms with Crippen LogP contribution in [0.1, 0.15) is 23.9 Å². The maximum absolute atomic E-state index is 4.10. The molecule has 1 aromatic heterocycles. The lowest BCUT2D eigenvalue weighted by molar-refractivity contribution is 0.584. The summed E-state index contributed by atoms with van der Waals surface area (Å²) in [5, 5.41) is 13.7. The Balaban J connectivity index is 2.39. The van der Waals surface area contributed by atoms with Crippen LogP contribution in [0.4, 0.5) is 0 Å². The average molecular weight is 217 g/mol. The number of nitrogens with one attached hydrogen (secondary N) is 1. The quantitative estimate of drug-likeness (QED) is 0.817.